The molecule has 0 aliphatic heterocycles. The molecule has 0 unspecified atom stereocenters. The number of halogens is 2. The molecule has 2 nitrogen and oxygen atoms in total. The van der Waals surface area contributed by atoms with Gasteiger partial charge in [-0.05, 0) is 11.6 Å². The Morgan fingerprint density at radius 2 is 2.00 bits per heavy atom. The second-order valence-electron chi connectivity index (χ2n) is 2.33. The molecule has 0 amide bonds. The Hall–Kier alpha value is -0.730. The minimum Gasteiger partial charge on any atom is -0.446 e. The van der Waals surface area contributed by atoms with Crippen LogP contribution in [0, 0.1) is 0 Å². The van der Waals surface area contributed by atoms with Gasteiger partial charge in [0, 0.05) is 5.88 Å². The molecule has 4 heteroatoms. The van der Waals surface area contributed by atoms with Gasteiger partial charge in [-0.1, -0.05) is 29.8 Å². The fraction of sp³-hybridized carbons (Fsp3) is 0.222. The molecule has 13 heavy (non-hydrogen) atoms. The zero-order valence-electron chi connectivity index (χ0n) is 6.80. The average Bonchev–Trinajstić information content (AvgIpc) is 2.18. The third kappa shape index (κ3) is 2.61. The highest BCUT2D eigenvalue weighted by molar-refractivity contribution is 6.18. The van der Waals surface area contributed by atoms with Crippen LogP contribution in [-0.4, -0.2) is 12.0 Å². The van der Waals surface area contributed by atoms with Crippen molar-refractivity contribution in [3.63, 3.8) is 0 Å². The van der Waals surface area contributed by atoms with Crippen molar-refractivity contribution in [1.82, 2.24) is 0 Å². The number of carbonyl (C=O) groups is 1. The van der Waals surface area contributed by atoms with Gasteiger partial charge in [0.2, 0.25) is 0 Å². The lowest BCUT2D eigenvalue weighted by atomic mass is 10.1. The number of hydrogen-bond donors (Lipinski definition) is 0. The van der Waals surface area contributed by atoms with Crippen molar-refractivity contribution in [3.8, 4) is 0 Å². The van der Waals surface area contributed by atoms with Crippen LogP contribution < -0.4 is 0 Å². The number of esters is 1. The maximum absolute atomic E-state index is 11.3. The summed E-state index contributed by atoms with van der Waals surface area (Å²) in [5.41, 5.74) is 1.22. The molecule has 70 valence electrons. The highest BCUT2D eigenvalue weighted by atomic mass is 35.5. The number of carbonyl (C=O) groups excluding carboxylic acids is 1. The fourth-order valence-electron chi connectivity index (χ4n) is 0.963. The van der Waals surface area contributed by atoms with Crippen LogP contribution in [0.4, 0.5) is 0 Å². The molecule has 0 saturated heterocycles. The summed E-state index contributed by atoms with van der Waals surface area (Å²) >= 11 is 10.9. The van der Waals surface area contributed by atoms with E-state index in [4.69, 9.17) is 23.2 Å². The zero-order valence-corrected chi connectivity index (χ0v) is 8.31. The highest BCUT2D eigenvalue weighted by Crippen LogP contribution is 2.12. The van der Waals surface area contributed by atoms with E-state index in [-0.39, 0.29) is 11.9 Å². The summed E-state index contributed by atoms with van der Waals surface area (Å²) in [7, 11) is 0. The van der Waals surface area contributed by atoms with E-state index in [1.807, 2.05) is 6.07 Å². The van der Waals surface area contributed by atoms with Crippen LogP contribution in [0.3, 0.4) is 0 Å². The lowest BCUT2D eigenvalue weighted by Crippen LogP contribution is -2.06. The summed E-state index contributed by atoms with van der Waals surface area (Å²) in [5, 5.41) is 0. The van der Waals surface area contributed by atoms with Crippen molar-refractivity contribution in [1.29, 1.82) is 0 Å². The number of alkyl halides is 2. The number of ether oxygens (including phenoxy) is 1. The monoisotopic (exact) mass is 218 g/mol. The molecular formula is C9H8Cl2O2. The van der Waals surface area contributed by atoms with Crippen LogP contribution in [0.25, 0.3) is 0 Å². The van der Waals surface area contributed by atoms with Gasteiger partial charge < -0.3 is 4.74 Å². The third-order valence-corrected chi connectivity index (χ3v) is 1.96. The van der Waals surface area contributed by atoms with Gasteiger partial charge in [0.1, 0.15) is 0 Å². The standard InChI is InChI=1S/C9H8Cl2O2/c10-5-7-3-1-2-4-8(7)9(12)13-6-11/h1-4H,5-6H2. The predicted octanol–water partition coefficient (Wildman–Crippen LogP) is 2.78. The van der Waals surface area contributed by atoms with Crippen LogP contribution in [0.2, 0.25) is 0 Å². The number of benzene rings is 1. The van der Waals surface area contributed by atoms with Gasteiger partial charge in [0.15, 0.2) is 6.07 Å². The van der Waals surface area contributed by atoms with Crippen molar-refractivity contribution in [3.05, 3.63) is 35.4 Å². The van der Waals surface area contributed by atoms with Crippen LogP contribution >= 0.6 is 23.2 Å². The van der Waals surface area contributed by atoms with Crippen molar-refractivity contribution in [2.75, 3.05) is 6.07 Å². The molecule has 1 aromatic carbocycles. The topological polar surface area (TPSA) is 26.3 Å². The van der Waals surface area contributed by atoms with Crippen molar-refractivity contribution in [2.45, 2.75) is 5.88 Å². The van der Waals surface area contributed by atoms with E-state index in [0.717, 1.165) is 5.56 Å². The summed E-state index contributed by atoms with van der Waals surface area (Å²) in [6, 6.07) is 6.86. The van der Waals surface area contributed by atoms with E-state index in [9.17, 15) is 4.79 Å². The first-order valence-electron chi connectivity index (χ1n) is 3.66. The van der Waals surface area contributed by atoms with E-state index in [2.05, 4.69) is 4.74 Å². The van der Waals surface area contributed by atoms with Crippen LogP contribution in [0.5, 0.6) is 0 Å². The number of rotatable bonds is 3. The first-order valence-corrected chi connectivity index (χ1v) is 4.73. The summed E-state index contributed by atoms with van der Waals surface area (Å²) in [5.74, 6) is -0.153. The molecule has 0 bridgehead atoms. The van der Waals surface area contributed by atoms with Crippen molar-refractivity contribution < 1.29 is 9.53 Å². The van der Waals surface area contributed by atoms with Gasteiger partial charge in [-0.2, -0.15) is 0 Å². The maximum atomic E-state index is 11.3. The quantitative estimate of drug-likeness (QED) is 0.577. The first kappa shape index (κ1) is 10.4. The first-order chi connectivity index (χ1) is 6.29. The molecule has 0 heterocycles. The van der Waals surface area contributed by atoms with Gasteiger partial charge in [0.05, 0.1) is 5.56 Å². The molecule has 0 atom stereocenters. The minimum atomic E-state index is -0.439. The Morgan fingerprint density at radius 3 is 2.62 bits per heavy atom. The second kappa shape index (κ2) is 5.10. The van der Waals surface area contributed by atoms with Crippen LogP contribution in [0.1, 0.15) is 15.9 Å². The largest absolute Gasteiger partial charge is 0.446 e. The maximum Gasteiger partial charge on any atom is 0.339 e. The van der Waals surface area contributed by atoms with E-state index in [1.165, 1.54) is 0 Å². The molecular weight excluding hydrogens is 211 g/mol. The SMILES string of the molecule is O=C(OCCl)c1ccccc1CCl. The molecule has 0 spiro atoms. The molecule has 0 aromatic heterocycles. The van der Waals surface area contributed by atoms with Crippen LogP contribution in [0.15, 0.2) is 24.3 Å². The lowest BCUT2D eigenvalue weighted by molar-refractivity contribution is 0.0573. The summed E-state index contributed by atoms with van der Waals surface area (Å²) in [6.07, 6.45) is 0. The molecule has 0 aliphatic rings. The summed E-state index contributed by atoms with van der Waals surface area (Å²) < 4.78 is 4.64. The lowest BCUT2D eigenvalue weighted by Gasteiger charge is -2.04. The van der Waals surface area contributed by atoms with E-state index < -0.39 is 5.97 Å². The normalized spacial score (nSPS) is 9.69. The van der Waals surface area contributed by atoms with Crippen molar-refractivity contribution in [2.24, 2.45) is 0 Å². The smallest absolute Gasteiger partial charge is 0.339 e. The molecule has 0 N–H and O–H groups in total. The molecule has 0 fully saturated rings. The molecule has 0 saturated carbocycles. The highest BCUT2D eigenvalue weighted by Gasteiger charge is 2.10. The zero-order chi connectivity index (χ0) is 9.68. The second-order valence-corrected chi connectivity index (χ2v) is 2.82. The molecule has 1 aromatic rings. The summed E-state index contributed by atoms with van der Waals surface area (Å²) in [6.45, 7) is 0. The van der Waals surface area contributed by atoms with Gasteiger partial charge in [0.25, 0.3) is 0 Å². The van der Waals surface area contributed by atoms with Crippen LogP contribution in [-0.2, 0) is 10.6 Å². The van der Waals surface area contributed by atoms with E-state index in [1.54, 1.807) is 18.2 Å². The Morgan fingerprint density at radius 1 is 1.31 bits per heavy atom. The Labute approximate surface area is 86.4 Å². The average molecular weight is 219 g/mol. The van der Waals surface area contributed by atoms with Gasteiger partial charge in [-0.3, -0.25) is 0 Å². The Balaban J connectivity index is 2.92. The molecule has 0 aliphatic carbocycles. The third-order valence-electron chi connectivity index (χ3n) is 1.57. The Bertz CT molecular complexity index is 299. The van der Waals surface area contributed by atoms with Crippen molar-refractivity contribution >= 4 is 29.2 Å². The molecule has 1 rings (SSSR count). The number of hydrogen-bond acceptors (Lipinski definition) is 2. The van der Waals surface area contributed by atoms with Gasteiger partial charge in [-0.15, -0.1) is 11.6 Å². The summed E-state index contributed by atoms with van der Waals surface area (Å²) in [4.78, 5) is 11.3. The van der Waals surface area contributed by atoms with Gasteiger partial charge >= 0.3 is 5.97 Å². The minimum absolute atomic E-state index is 0.143. The van der Waals surface area contributed by atoms with E-state index >= 15 is 0 Å². The predicted molar refractivity (Wildman–Crippen MR) is 52.1 cm³/mol. The van der Waals surface area contributed by atoms with E-state index in [0.29, 0.717) is 5.56 Å². The van der Waals surface area contributed by atoms with Gasteiger partial charge in [-0.25, -0.2) is 4.79 Å². The fourth-order valence-corrected chi connectivity index (χ4v) is 1.30. The molecule has 0 radical (unpaired) electrons. The Kier molecular flexibility index (Phi) is 4.06.